The minimum absolute atomic E-state index is 0.415. The molecule has 6 heteroatoms. The van der Waals surface area contributed by atoms with Gasteiger partial charge in [0.25, 0.3) is 0 Å². The summed E-state index contributed by atoms with van der Waals surface area (Å²) in [4.78, 5) is 18.0. The summed E-state index contributed by atoms with van der Waals surface area (Å²) >= 11 is 0. The van der Waals surface area contributed by atoms with Gasteiger partial charge in [0.2, 0.25) is 0 Å². The molecule has 0 saturated heterocycles. The topological polar surface area (TPSA) is 67.9 Å². The van der Waals surface area contributed by atoms with Crippen LogP contribution in [0.3, 0.4) is 0 Å². The molecule has 0 spiro atoms. The average Bonchev–Trinajstić information content (AvgIpc) is 3.34. The molecule has 5 rings (SSSR count). The second-order valence-electron chi connectivity index (χ2n) is 14.8. The van der Waals surface area contributed by atoms with E-state index in [0.717, 1.165) is 61.6 Å². The van der Waals surface area contributed by atoms with Gasteiger partial charge in [-0.25, -0.2) is 0 Å². The van der Waals surface area contributed by atoms with Crippen molar-refractivity contribution in [3.63, 3.8) is 0 Å². The number of rotatable bonds is 24. The summed E-state index contributed by atoms with van der Waals surface area (Å²) in [6.07, 6.45) is 22.1. The van der Waals surface area contributed by atoms with Crippen LogP contribution >= 0.6 is 0 Å². The van der Waals surface area contributed by atoms with Crippen LogP contribution in [0.4, 0.5) is 11.4 Å². The van der Waals surface area contributed by atoms with E-state index in [1.165, 1.54) is 0 Å². The molecule has 5 aromatic carbocycles. The van der Waals surface area contributed by atoms with Gasteiger partial charge in [0, 0.05) is 24.9 Å². The first-order chi connectivity index (χ1) is 31.5. The lowest BCUT2D eigenvalue weighted by Gasteiger charge is -2.07. The molecule has 0 amide bonds. The molecule has 0 bridgehead atoms. The molecule has 322 valence electrons. The zero-order chi connectivity index (χ0) is 46.2. The molecule has 0 atom stereocenters. The van der Waals surface area contributed by atoms with Gasteiger partial charge in [-0.05, 0) is 111 Å². The third kappa shape index (κ3) is 17.8. The number of ether oxygens (including phenoxy) is 2. The fourth-order valence-electron chi connectivity index (χ4n) is 5.63. The largest absolute Gasteiger partial charge is 0.490 e. The summed E-state index contributed by atoms with van der Waals surface area (Å²) in [5.74, 6) is 1.30. The lowest BCUT2D eigenvalue weighted by atomic mass is 10.1. The van der Waals surface area contributed by atoms with Gasteiger partial charge in [-0.2, -0.15) is 0 Å². The van der Waals surface area contributed by atoms with Crippen molar-refractivity contribution in [3.05, 3.63) is 283 Å². The molecule has 65 heavy (non-hydrogen) atoms. The van der Waals surface area contributed by atoms with Crippen molar-refractivity contribution in [2.45, 2.75) is 19.6 Å². The van der Waals surface area contributed by atoms with Gasteiger partial charge < -0.3 is 9.47 Å². The van der Waals surface area contributed by atoms with Crippen LogP contribution in [0.1, 0.15) is 38.9 Å². The Morgan fingerprint density at radius 2 is 0.877 bits per heavy atom. The van der Waals surface area contributed by atoms with Crippen LogP contribution < -0.4 is 4.74 Å². The van der Waals surface area contributed by atoms with Crippen molar-refractivity contribution in [2.24, 2.45) is 20.0 Å². The molecule has 0 N–H and O–H groups in total. The lowest BCUT2D eigenvalue weighted by molar-refractivity contribution is 0.212. The van der Waals surface area contributed by atoms with Crippen LogP contribution in [-0.2, 0) is 24.4 Å². The molecule has 0 fully saturated rings. The van der Waals surface area contributed by atoms with Crippen molar-refractivity contribution in [1.29, 1.82) is 0 Å². The summed E-state index contributed by atoms with van der Waals surface area (Å²) in [6.45, 7) is 32.6. The van der Waals surface area contributed by atoms with Gasteiger partial charge in [0.1, 0.15) is 24.7 Å². The summed E-state index contributed by atoms with van der Waals surface area (Å²) < 4.78 is 11.6. The molecule has 0 aromatic heterocycles. The van der Waals surface area contributed by atoms with Gasteiger partial charge in [-0.3, -0.25) is 20.0 Å². The van der Waals surface area contributed by atoms with Crippen molar-refractivity contribution in [1.82, 2.24) is 0 Å². The predicted molar refractivity (Wildman–Crippen MR) is 279 cm³/mol. The van der Waals surface area contributed by atoms with Gasteiger partial charge in [-0.15, -0.1) is 0 Å². The first-order valence-electron chi connectivity index (χ1n) is 20.8. The van der Waals surface area contributed by atoms with Gasteiger partial charge in [0.05, 0.1) is 22.8 Å². The molecule has 6 nitrogen and oxygen atoms in total. The molecule has 0 saturated carbocycles. The summed E-state index contributed by atoms with van der Waals surface area (Å²) in [5, 5.41) is 0. The molecule has 5 aromatic rings. The van der Waals surface area contributed by atoms with Crippen LogP contribution in [0, 0.1) is 0 Å². The minimum atomic E-state index is 0.415. The van der Waals surface area contributed by atoms with E-state index < -0.39 is 0 Å². The third-order valence-electron chi connectivity index (χ3n) is 9.40. The van der Waals surface area contributed by atoms with E-state index in [-0.39, 0.29) is 0 Å². The van der Waals surface area contributed by atoms with Crippen LogP contribution in [0.15, 0.2) is 264 Å². The number of hydrogen-bond donors (Lipinski definition) is 0. The second-order valence-corrected chi connectivity index (χ2v) is 14.8. The molecular formula is C59H54N4O2. The minimum Gasteiger partial charge on any atom is -0.490 e. The molecular weight excluding hydrogens is 797 g/mol. The molecule has 0 aliphatic carbocycles. The Balaban J connectivity index is 0.976. The number of aliphatic imine (C=N–C) groups is 4. The Hall–Kier alpha value is -8.48. The monoisotopic (exact) mass is 850 g/mol. The Labute approximate surface area is 384 Å². The highest BCUT2D eigenvalue weighted by atomic mass is 16.5. The molecule has 0 radical (unpaired) electrons. The van der Waals surface area contributed by atoms with E-state index in [0.29, 0.717) is 47.9 Å². The van der Waals surface area contributed by atoms with E-state index in [1.54, 1.807) is 42.8 Å². The Kier molecular flexibility index (Phi) is 18.6. The summed E-state index contributed by atoms with van der Waals surface area (Å²) in [7, 11) is 0. The first kappa shape index (κ1) is 47.6. The Bertz CT molecular complexity index is 2700. The number of benzene rings is 5. The van der Waals surface area contributed by atoms with Crippen molar-refractivity contribution < 1.29 is 9.47 Å². The van der Waals surface area contributed by atoms with Crippen molar-refractivity contribution in [3.8, 4) is 5.75 Å². The molecule has 0 heterocycles. The van der Waals surface area contributed by atoms with Crippen molar-refractivity contribution in [2.75, 3.05) is 0 Å². The normalized spacial score (nSPS) is 11.6. The number of nitrogens with zero attached hydrogens (tertiary/aromatic N) is 4. The van der Waals surface area contributed by atoms with Crippen molar-refractivity contribution >= 4 is 48.4 Å². The van der Waals surface area contributed by atoms with Gasteiger partial charge in [-0.1, -0.05) is 174 Å². The van der Waals surface area contributed by atoms with E-state index >= 15 is 0 Å². The van der Waals surface area contributed by atoms with Crippen LogP contribution in [-0.4, -0.2) is 24.9 Å². The molecule has 0 unspecified atom stereocenters. The maximum atomic E-state index is 5.92. The van der Waals surface area contributed by atoms with E-state index in [9.17, 15) is 0 Å². The fourth-order valence-corrected chi connectivity index (χ4v) is 5.63. The zero-order valence-electron chi connectivity index (χ0n) is 36.9. The standard InChI is InChI=1S/C59H54N4O2/c1-9-50-17-25-55(26-18-50)42-64-49(8)16-15-48(7)61-39-46(5)12-11-45(4)38-60-47(6)14-13-44(3)37-52-29-31-57(32-30-52)62-40-53-21-23-54(24-22-53)41-63-58-33-35-59(36-34-58)65-43-56-27-19-51(10-2)20-28-56/h9-36,38-41H,1-8,37,42-43H2/b12-11-,14-13-,16-15-,60-38?,61-39?,62-40?,63-41?. The Morgan fingerprint density at radius 1 is 0.446 bits per heavy atom. The summed E-state index contributed by atoms with van der Waals surface area (Å²) in [5.41, 5.74) is 12.5. The highest BCUT2D eigenvalue weighted by Crippen LogP contribution is 2.21. The van der Waals surface area contributed by atoms with E-state index in [2.05, 4.69) is 84.7 Å². The highest BCUT2D eigenvalue weighted by Gasteiger charge is 2.00. The quantitative estimate of drug-likeness (QED) is 0.0353. The lowest BCUT2D eigenvalue weighted by Crippen LogP contribution is -1.94. The fraction of sp³-hybridized carbons (Fsp3) is 0.0508. The maximum Gasteiger partial charge on any atom is 0.119 e. The number of allylic oxidation sites excluding steroid dienone is 9. The Morgan fingerprint density at radius 3 is 1.37 bits per heavy atom. The SMILES string of the molecule is C=Cc1ccc(COC(=C)/C=C\C(=C)N=CC(=C)/C=C\C(=C)C=NC(=C)/C=C\C(=C)Cc2ccc(N=Cc3ccc(C=Nc4ccc(OCc5ccc(C=C)cc5)cc4)cc3)cc2)cc1. The van der Waals surface area contributed by atoms with Crippen LogP contribution in [0.2, 0.25) is 0 Å². The third-order valence-corrected chi connectivity index (χ3v) is 9.40. The zero-order valence-corrected chi connectivity index (χ0v) is 36.9. The van der Waals surface area contributed by atoms with Gasteiger partial charge in [0.15, 0.2) is 0 Å². The van der Waals surface area contributed by atoms with Crippen LogP contribution in [0.5, 0.6) is 5.75 Å². The van der Waals surface area contributed by atoms with E-state index in [4.69, 9.17) is 9.47 Å². The van der Waals surface area contributed by atoms with Crippen LogP contribution in [0.25, 0.3) is 12.2 Å². The smallest absolute Gasteiger partial charge is 0.119 e. The predicted octanol–water partition coefficient (Wildman–Crippen LogP) is 14.8. The average molecular weight is 851 g/mol. The molecule has 0 aliphatic rings. The number of hydrogen-bond acceptors (Lipinski definition) is 6. The first-order valence-corrected chi connectivity index (χ1v) is 20.8. The molecule has 0 aliphatic heterocycles. The second kappa shape index (κ2) is 25.5. The van der Waals surface area contributed by atoms with E-state index in [1.807, 2.05) is 140 Å². The maximum absolute atomic E-state index is 5.92. The summed E-state index contributed by atoms with van der Waals surface area (Å²) in [6, 6.07) is 40.1. The van der Waals surface area contributed by atoms with Gasteiger partial charge >= 0.3 is 0 Å². The highest BCUT2D eigenvalue weighted by molar-refractivity contribution is 5.87.